The highest BCUT2D eigenvalue weighted by atomic mass is 17.1. The maximum absolute atomic E-state index is 10.7. The maximum atomic E-state index is 10.7. The van der Waals surface area contributed by atoms with Crippen molar-refractivity contribution in [2.75, 3.05) is 13.2 Å². The molecule has 0 unspecified atom stereocenters. The number of nitrogens with zero attached hydrogens (tertiary/aromatic N) is 1. The third-order valence-corrected chi connectivity index (χ3v) is 1.04. The van der Waals surface area contributed by atoms with Crippen LogP contribution in [0.5, 0.6) is 0 Å². The average Bonchev–Trinajstić information content (AvgIpc) is 1.98. The average molecular weight is 179 g/mol. The van der Waals surface area contributed by atoms with Gasteiger partial charge in [0.1, 0.15) is 0 Å². The van der Waals surface area contributed by atoms with Gasteiger partial charge >= 0.3 is 5.97 Å². The van der Waals surface area contributed by atoms with Gasteiger partial charge in [-0.1, -0.05) is 0 Å². The molecule has 0 fully saturated rings. The largest absolute Gasteiger partial charge is 0.466 e. The van der Waals surface area contributed by atoms with Crippen LogP contribution in [0.4, 0.5) is 0 Å². The summed E-state index contributed by atoms with van der Waals surface area (Å²) in [5.41, 5.74) is 0. The van der Waals surface area contributed by atoms with Gasteiger partial charge in [-0.2, -0.15) is 0 Å². The maximum Gasteiger partial charge on any atom is 0.305 e. The highest BCUT2D eigenvalue weighted by Crippen LogP contribution is 1.93. The summed E-state index contributed by atoms with van der Waals surface area (Å²) < 4.78 is 4.62. The Morgan fingerprint density at radius 3 is 2.67 bits per heavy atom. The Bertz CT molecular complexity index is 127. The van der Waals surface area contributed by atoms with Crippen molar-refractivity contribution in [1.29, 1.82) is 0 Å². The van der Waals surface area contributed by atoms with Crippen LogP contribution < -0.4 is 0 Å². The molecule has 0 aliphatic heterocycles. The third kappa shape index (κ3) is 7.42. The van der Waals surface area contributed by atoms with Crippen molar-refractivity contribution < 1.29 is 24.8 Å². The van der Waals surface area contributed by atoms with Gasteiger partial charge in [-0.25, -0.2) is 0 Å². The van der Waals surface area contributed by atoms with Crippen molar-refractivity contribution in [1.82, 2.24) is 5.39 Å². The van der Waals surface area contributed by atoms with Crippen molar-refractivity contribution in [3.63, 3.8) is 0 Å². The van der Waals surface area contributed by atoms with Crippen molar-refractivity contribution in [3.8, 4) is 0 Å². The minimum absolute atomic E-state index is 0.0613. The Morgan fingerprint density at radius 2 is 2.17 bits per heavy atom. The van der Waals surface area contributed by atoms with Gasteiger partial charge < -0.3 is 4.74 Å². The normalized spacial score (nSPS) is 10.3. The van der Waals surface area contributed by atoms with E-state index in [9.17, 15) is 4.79 Å². The van der Waals surface area contributed by atoms with E-state index in [0.717, 1.165) is 0 Å². The van der Waals surface area contributed by atoms with Gasteiger partial charge in [0.2, 0.25) is 0 Å². The molecular formula is C6H13NO5. The molecule has 0 heterocycles. The highest BCUT2D eigenvalue weighted by molar-refractivity contribution is 5.69. The van der Waals surface area contributed by atoms with Crippen molar-refractivity contribution in [3.05, 3.63) is 0 Å². The van der Waals surface area contributed by atoms with Crippen LogP contribution in [0, 0.1) is 0 Å². The lowest BCUT2D eigenvalue weighted by molar-refractivity contribution is -0.492. The summed E-state index contributed by atoms with van der Waals surface area (Å²) in [5.74, 6) is -0.316. The molecule has 0 saturated heterocycles. The number of carbonyl (C=O) groups is 1. The minimum Gasteiger partial charge on any atom is -0.466 e. The SMILES string of the molecule is CCOC(=O)CCCON(O)O. The van der Waals surface area contributed by atoms with Gasteiger partial charge in [0.05, 0.1) is 18.6 Å². The number of hydrogen-bond acceptors (Lipinski definition) is 6. The van der Waals surface area contributed by atoms with E-state index in [2.05, 4.69) is 9.57 Å². The second-order valence-electron chi connectivity index (χ2n) is 1.99. The molecule has 0 atom stereocenters. The van der Waals surface area contributed by atoms with Crippen molar-refractivity contribution in [2.45, 2.75) is 19.8 Å². The third-order valence-electron chi connectivity index (χ3n) is 1.04. The fourth-order valence-corrected chi connectivity index (χ4v) is 0.596. The van der Waals surface area contributed by atoms with Gasteiger partial charge in [-0.05, 0) is 13.3 Å². The molecule has 6 nitrogen and oxygen atoms in total. The predicted molar refractivity (Wildman–Crippen MR) is 37.2 cm³/mol. The molecule has 0 aromatic rings. The number of ether oxygens (including phenoxy) is 1. The van der Waals surface area contributed by atoms with Crippen molar-refractivity contribution in [2.24, 2.45) is 0 Å². The summed E-state index contributed by atoms with van der Waals surface area (Å²) in [6.45, 7) is 2.13. The molecule has 0 rings (SSSR count). The fraction of sp³-hybridized carbons (Fsp3) is 0.833. The molecular weight excluding hydrogens is 166 g/mol. The second-order valence-corrected chi connectivity index (χ2v) is 1.99. The zero-order valence-electron chi connectivity index (χ0n) is 6.89. The lowest BCUT2D eigenvalue weighted by Gasteiger charge is -2.05. The first-order chi connectivity index (χ1) is 5.66. The molecule has 12 heavy (non-hydrogen) atoms. The van der Waals surface area contributed by atoms with Crippen molar-refractivity contribution >= 4 is 5.97 Å². The van der Waals surface area contributed by atoms with Crippen LogP contribution >= 0.6 is 0 Å². The molecule has 0 aromatic heterocycles. The number of carbonyl (C=O) groups excluding carboxylic acids is 1. The predicted octanol–water partition coefficient (Wildman–Crippen LogP) is 0.342. The molecule has 0 radical (unpaired) electrons. The summed E-state index contributed by atoms with van der Waals surface area (Å²) in [6.07, 6.45) is 0.595. The first-order valence-corrected chi connectivity index (χ1v) is 3.63. The van der Waals surface area contributed by atoms with Crippen LogP contribution in [0.1, 0.15) is 19.8 Å². The molecule has 0 saturated carbocycles. The first kappa shape index (κ1) is 11.3. The Hall–Kier alpha value is -0.690. The molecule has 72 valence electrons. The Kier molecular flexibility index (Phi) is 6.58. The van der Waals surface area contributed by atoms with E-state index in [1.165, 1.54) is 0 Å². The van der Waals surface area contributed by atoms with E-state index in [-0.39, 0.29) is 24.4 Å². The van der Waals surface area contributed by atoms with Gasteiger partial charge in [0, 0.05) is 6.42 Å². The van der Waals surface area contributed by atoms with Crippen LogP contribution in [0.3, 0.4) is 0 Å². The Labute approximate surface area is 70.2 Å². The number of rotatable bonds is 6. The van der Waals surface area contributed by atoms with Gasteiger partial charge in [-0.3, -0.25) is 20.0 Å². The Balaban J connectivity index is 3.14. The summed E-state index contributed by atoms with van der Waals surface area (Å²) >= 11 is 0. The van der Waals surface area contributed by atoms with Gasteiger partial charge in [-0.15, -0.1) is 0 Å². The zero-order valence-corrected chi connectivity index (χ0v) is 6.89. The molecule has 0 aromatic carbocycles. The Morgan fingerprint density at radius 1 is 1.50 bits per heavy atom. The van der Waals surface area contributed by atoms with E-state index >= 15 is 0 Å². The van der Waals surface area contributed by atoms with Gasteiger partial charge in [0.15, 0.2) is 0 Å². The second kappa shape index (κ2) is 6.99. The fourth-order valence-electron chi connectivity index (χ4n) is 0.596. The molecule has 0 amide bonds. The number of hydrogen-bond donors (Lipinski definition) is 2. The first-order valence-electron chi connectivity index (χ1n) is 3.63. The van der Waals surface area contributed by atoms with E-state index < -0.39 is 0 Å². The lowest BCUT2D eigenvalue weighted by atomic mass is 10.3. The lowest BCUT2D eigenvalue weighted by Crippen LogP contribution is -2.16. The van der Waals surface area contributed by atoms with E-state index in [1.807, 2.05) is 0 Å². The summed E-state index contributed by atoms with van der Waals surface area (Å²) in [7, 11) is 0. The van der Waals surface area contributed by atoms with Crippen LogP contribution in [0.25, 0.3) is 0 Å². The molecule has 0 bridgehead atoms. The van der Waals surface area contributed by atoms with Crippen LogP contribution in [0.2, 0.25) is 0 Å². The topological polar surface area (TPSA) is 79.2 Å². The molecule has 0 spiro atoms. The molecule has 2 N–H and O–H groups in total. The smallest absolute Gasteiger partial charge is 0.305 e. The van der Waals surface area contributed by atoms with E-state index in [0.29, 0.717) is 13.0 Å². The van der Waals surface area contributed by atoms with E-state index in [4.69, 9.17) is 10.4 Å². The summed E-state index contributed by atoms with van der Waals surface area (Å²) in [6, 6.07) is 0. The van der Waals surface area contributed by atoms with Crippen LogP contribution in [0.15, 0.2) is 0 Å². The van der Waals surface area contributed by atoms with E-state index in [1.54, 1.807) is 6.92 Å². The van der Waals surface area contributed by atoms with Crippen LogP contribution in [-0.4, -0.2) is 35.0 Å². The minimum atomic E-state index is -0.384. The quantitative estimate of drug-likeness (QED) is 0.348. The highest BCUT2D eigenvalue weighted by Gasteiger charge is 2.01. The zero-order chi connectivity index (χ0) is 9.40. The molecule has 0 aliphatic carbocycles. The van der Waals surface area contributed by atoms with Gasteiger partial charge in [0.25, 0.3) is 0 Å². The molecule has 6 heteroatoms. The standard InChI is InChI=1S/C6H13NO5/c1-2-11-6(8)4-3-5-12-7(9)10/h9-10H,2-5H2,1H3. The summed E-state index contributed by atoms with van der Waals surface area (Å²) in [5, 5.41) is 15.8. The monoisotopic (exact) mass is 179 g/mol. The summed E-state index contributed by atoms with van der Waals surface area (Å²) in [4.78, 5) is 14.9. The molecule has 0 aliphatic rings. The van der Waals surface area contributed by atoms with Crippen LogP contribution in [-0.2, 0) is 14.4 Å². The number of esters is 1.